The number of hydrogen-bond donors (Lipinski definition) is 0. The fourth-order valence-corrected chi connectivity index (χ4v) is 2.11. The van der Waals surface area contributed by atoms with Crippen molar-refractivity contribution in [3.8, 4) is 6.07 Å². The summed E-state index contributed by atoms with van der Waals surface area (Å²) in [6.07, 6.45) is 0.0797. The van der Waals surface area contributed by atoms with Gasteiger partial charge in [0.05, 0.1) is 18.1 Å². The number of benzene rings is 2. The maximum Gasteiger partial charge on any atom is 0.339 e. The third-order valence-corrected chi connectivity index (χ3v) is 3.45. The first kappa shape index (κ1) is 15.1. The maximum atomic E-state index is 12.2. The van der Waals surface area contributed by atoms with E-state index in [1.54, 1.807) is 31.2 Å². The summed E-state index contributed by atoms with van der Waals surface area (Å²) in [5.74, 6) is -0.478. The molecule has 0 bridgehead atoms. The predicted octanol–water partition coefficient (Wildman–Crippen LogP) is 4.33. The number of halogens is 1. The molecule has 0 aliphatic rings. The van der Waals surface area contributed by atoms with Crippen molar-refractivity contribution in [3.63, 3.8) is 0 Å². The molecule has 0 spiro atoms. The lowest BCUT2D eigenvalue weighted by Gasteiger charge is -2.27. The molecule has 0 amide bonds. The van der Waals surface area contributed by atoms with E-state index in [0.717, 1.165) is 5.56 Å². The first-order valence-corrected chi connectivity index (χ1v) is 6.84. The Labute approximate surface area is 128 Å². The first-order valence-electron chi connectivity index (χ1n) is 6.46. The Bertz CT molecular complexity index is 661. The number of ether oxygens (including phenoxy) is 1. The zero-order valence-electron chi connectivity index (χ0n) is 11.5. The molecule has 2 aromatic rings. The second-order valence-corrected chi connectivity index (χ2v) is 5.26. The predicted molar refractivity (Wildman–Crippen MR) is 80.9 cm³/mol. The number of rotatable bonds is 4. The lowest BCUT2D eigenvalue weighted by Crippen LogP contribution is -2.28. The van der Waals surface area contributed by atoms with E-state index in [0.29, 0.717) is 10.6 Å². The molecule has 0 aliphatic carbocycles. The highest BCUT2D eigenvalue weighted by molar-refractivity contribution is 6.30. The van der Waals surface area contributed by atoms with Crippen molar-refractivity contribution in [3.05, 3.63) is 70.7 Å². The van der Waals surface area contributed by atoms with Gasteiger partial charge in [-0.05, 0) is 36.8 Å². The fraction of sp³-hybridized carbons (Fsp3) is 0.176. The molecule has 0 radical (unpaired) electrons. The van der Waals surface area contributed by atoms with Gasteiger partial charge in [-0.25, -0.2) is 4.79 Å². The van der Waals surface area contributed by atoms with E-state index >= 15 is 0 Å². The van der Waals surface area contributed by atoms with E-state index in [2.05, 4.69) is 6.07 Å². The monoisotopic (exact) mass is 299 g/mol. The van der Waals surface area contributed by atoms with Crippen molar-refractivity contribution in [1.29, 1.82) is 5.26 Å². The molecule has 0 saturated heterocycles. The maximum absolute atomic E-state index is 12.2. The number of esters is 1. The van der Waals surface area contributed by atoms with Crippen molar-refractivity contribution in [2.45, 2.75) is 18.9 Å². The lowest BCUT2D eigenvalue weighted by molar-refractivity contribution is -0.00993. The molecular weight excluding hydrogens is 286 g/mol. The normalized spacial score (nSPS) is 13.0. The van der Waals surface area contributed by atoms with Crippen molar-refractivity contribution in [2.75, 3.05) is 0 Å². The SMILES string of the molecule is C[C@](CC#N)(OC(=O)c1ccc(Cl)cc1)c1ccccc1. The van der Waals surface area contributed by atoms with Crippen LogP contribution in [0.3, 0.4) is 0 Å². The van der Waals surface area contributed by atoms with E-state index < -0.39 is 11.6 Å². The van der Waals surface area contributed by atoms with Crippen LogP contribution in [0.5, 0.6) is 0 Å². The first-order chi connectivity index (χ1) is 10.0. The zero-order valence-corrected chi connectivity index (χ0v) is 12.3. The fourth-order valence-electron chi connectivity index (χ4n) is 1.99. The van der Waals surface area contributed by atoms with Gasteiger partial charge in [-0.15, -0.1) is 0 Å². The Morgan fingerprint density at radius 1 is 1.19 bits per heavy atom. The molecule has 0 fully saturated rings. The summed E-state index contributed by atoms with van der Waals surface area (Å²) in [5.41, 5.74) is 0.209. The van der Waals surface area contributed by atoms with Crippen LogP contribution in [0.1, 0.15) is 29.3 Å². The van der Waals surface area contributed by atoms with Crippen LogP contribution in [0.4, 0.5) is 0 Å². The molecule has 0 aromatic heterocycles. The number of nitriles is 1. The molecule has 0 unspecified atom stereocenters. The Morgan fingerprint density at radius 2 is 1.81 bits per heavy atom. The number of carbonyl (C=O) groups is 1. The van der Waals surface area contributed by atoms with E-state index in [1.165, 1.54) is 0 Å². The average molecular weight is 300 g/mol. The van der Waals surface area contributed by atoms with Crippen LogP contribution in [0, 0.1) is 11.3 Å². The van der Waals surface area contributed by atoms with Gasteiger partial charge in [-0.2, -0.15) is 5.26 Å². The van der Waals surface area contributed by atoms with Gasteiger partial charge in [-0.3, -0.25) is 0 Å². The van der Waals surface area contributed by atoms with Gasteiger partial charge in [0.25, 0.3) is 0 Å². The van der Waals surface area contributed by atoms with Gasteiger partial charge in [0.2, 0.25) is 0 Å². The molecule has 1 atom stereocenters. The Balaban J connectivity index is 2.26. The average Bonchev–Trinajstić information content (AvgIpc) is 2.49. The minimum absolute atomic E-state index is 0.0797. The van der Waals surface area contributed by atoms with Crippen LogP contribution in [-0.4, -0.2) is 5.97 Å². The third-order valence-electron chi connectivity index (χ3n) is 3.20. The van der Waals surface area contributed by atoms with Crippen LogP contribution in [0.15, 0.2) is 54.6 Å². The van der Waals surface area contributed by atoms with Gasteiger partial charge < -0.3 is 4.74 Å². The van der Waals surface area contributed by atoms with Gasteiger partial charge in [0.15, 0.2) is 0 Å². The van der Waals surface area contributed by atoms with E-state index in [4.69, 9.17) is 21.6 Å². The second-order valence-electron chi connectivity index (χ2n) is 4.83. The van der Waals surface area contributed by atoms with Crippen molar-refractivity contribution < 1.29 is 9.53 Å². The van der Waals surface area contributed by atoms with Gasteiger partial charge in [0.1, 0.15) is 5.60 Å². The van der Waals surface area contributed by atoms with E-state index in [-0.39, 0.29) is 6.42 Å². The van der Waals surface area contributed by atoms with Gasteiger partial charge >= 0.3 is 5.97 Å². The van der Waals surface area contributed by atoms with Crippen LogP contribution in [-0.2, 0) is 10.3 Å². The van der Waals surface area contributed by atoms with Crippen molar-refractivity contribution >= 4 is 17.6 Å². The minimum atomic E-state index is -0.979. The quantitative estimate of drug-likeness (QED) is 0.790. The molecule has 4 heteroatoms. The molecule has 106 valence electrons. The number of carbonyl (C=O) groups excluding carboxylic acids is 1. The molecule has 0 heterocycles. The third kappa shape index (κ3) is 3.62. The Kier molecular flexibility index (Phi) is 4.62. The van der Waals surface area contributed by atoms with Crippen LogP contribution >= 0.6 is 11.6 Å². The molecule has 0 saturated carbocycles. The van der Waals surface area contributed by atoms with Crippen LogP contribution in [0.2, 0.25) is 5.02 Å². The topological polar surface area (TPSA) is 50.1 Å². The molecule has 2 rings (SSSR count). The highest BCUT2D eigenvalue weighted by atomic mass is 35.5. The highest BCUT2D eigenvalue weighted by Crippen LogP contribution is 2.30. The standard InChI is InChI=1S/C17H14ClNO2/c1-17(11-12-19,14-5-3-2-4-6-14)21-16(20)13-7-9-15(18)10-8-13/h2-10H,11H2,1H3/t17-/m1/s1. The smallest absolute Gasteiger partial charge is 0.339 e. The molecule has 0 N–H and O–H groups in total. The number of nitrogens with zero attached hydrogens (tertiary/aromatic N) is 1. The molecule has 2 aromatic carbocycles. The summed E-state index contributed by atoms with van der Waals surface area (Å²) >= 11 is 5.80. The Morgan fingerprint density at radius 3 is 2.38 bits per heavy atom. The van der Waals surface area contributed by atoms with E-state index in [1.807, 2.05) is 30.3 Å². The van der Waals surface area contributed by atoms with E-state index in [9.17, 15) is 4.79 Å². The van der Waals surface area contributed by atoms with Gasteiger partial charge in [0, 0.05) is 5.02 Å². The molecule has 0 aliphatic heterocycles. The minimum Gasteiger partial charge on any atom is -0.450 e. The summed E-state index contributed by atoms with van der Waals surface area (Å²) in [6, 6.07) is 17.8. The molecule has 21 heavy (non-hydrogen) atoms. The summed E-state index contributed by atoms with van der Waals surface area (Å²) in [5, 5.41) is 9.57. The van der Waals surface area contributed by atoms with Crippen molar-refractivity contribution in [2.24, 2.45) is 0 Å². The zero-order chi connectivity index (χ0) is 15.3. The van der Waals surface area contributed by atoms with Crippen LogP contribution in [0.25, 0.3) is 0 Å². The highest BCUT2D eigenvalue weighted by Gasteiger charge is 2.31. The lowest BCUT2D eigenvalue weighted by atomic mass is 9.92. The van der Waals surface area contributed by atoms with Gasteiger partial charge in [-0.1, -0.05) is 41.9 Å². The largest absolute Gasteiger partial charge is 0.450 e. The molecular formula is C17H14ClNO2. The number of hydrogen-bond acceptors (Lipinski definition) is 3. The molecule has 3 nitrogen and oxygen atoms in total. The second kappa shape index (κ2) is 6.43. The summed E-state index contributed by atoms with van der Waals surface area (Å²) in [6.45, 7) is 1.74. The van der Waals surface area contributed by atoms with Crippen molar-refractivity contribution in [1.82, 2.24) is 0 Å². The Hall–Kier alpha value is -2.31. The van der Waals surface area contributed by atoms with Crippen LogP contribution < -0.4 is 0 Å². The summed E-state index contributed by atoms with van der Waals surface area (Å²) < 4.78 is 5.59. The summed E-state index contributed by atoms with van der Waals surface area (Å²) in [4.78, 5) is 12.2. The summed E-state index contributed by atoms with van der Waals surface area (Å²) in [7, 11) is 0.